The van der Waals surface area contributed by atoms with Crippen molar-refractivity contribution in [2.24, 2.45) is 14.1 Å². The van der Waals surface area contributed by atoms with Gasteiger partial charge in [-0.3, -0.25) is 9.13 Å². The molecule has 2 rings (SSSR count). The minimum Gasteiger partial charge on any atom is -0.295 e. The van der Waals surface area contributed by atoms with Gasteiger partial charge in [-0.05, 0) is 24.6 Å². The van der Waals surface area contributed by atoms with E-state index in [1.54, 1.807) is 23.2 Å². The minimum atomic E-state index is 0.0116. The highest BCUT2D eigenvalue weighted by atomic mass is 79.9. The molecular formula is C10H11BrN2O. The van der Waals surface area contributed by atoms with Gasteiger partial charge in [-0.1, -0.05) is 15.9 Å². The molecule has 0 bridgehead atoms. The molecular weight excluding hydrogens is 244 g/mol. The van der Waals surface area contributed by atoms with Gasteiger partial charge in [0.25, 0.3) is 0 Å². The van der Waals surface area contributed by atoms with Gasteiger partial charge in [0.15, 0.2) is 0 Å². The molecule has 0 unspecified atom stereocenters. The molecule has 0 amide bonds. The fourth-order valence-electron chi connectivity index (χ4n) is 1.62. The number of rotatable bonds is 0. The number of benzene rings is 1. The molecule has 1 aromatic heterocycles. The van der Waals surface area contributed by atoms with Crippen LogP contribution in [-0.4, -0.2) is 9.13 Å². The summed E-state index contributed by atoms with van der Waals surface area (Å²) in [7, 11) is 3.57. The molecule has 0 atom stereocenters. The Morgan fingerprint density at radius 3 is 2.21 bits per heavy atom. The van der Waals surface area contributed by atoms with Crippen molar-refractivity contribution in [3.63, 3.8) is 0 Å². The van der Waals surface area contributed by atoms with Gasteiger partial charge in [-0.25, -0.2) is 4.79 Å². The summed E-state index contributed by atoms with van der Waals surface area (Å²) in [6, 6.07) is 3.99. The van der Waals surface area contributed by atoms with E-state index < -0.39 is 0 Å². The van der Waals surface area contributed by atoms with Crippen molar-refractivity contribution in [1.29, 1.82) is 0 Å². The van der Waals surface area contributed by atoms with E-state index in [1.165, 1.54) is 0 Å². The molecule has 74 valence electrons. The van der Waals surface area contributed by atoms with Gasteiger partial charge in [0.2, 0.25) is 0 Å². The zero-order valence-corrected chi connectivity index (χ0v) is 9.92. The second-order valence-corrected chi connectivity index (χ2v) is 4.35. The molecule has 0 N–H and O–H groups in total. The van der Waals surface area contributed by atoms with Crippen molar-refractivity contribution >= 4 is 27.0 Å². The van der Waals surface area contributed by atoms with Crippen LogP contribution in [0.15, 0.2) is 21.4 Å². The number of aromatic nitrogens is 2. The van der Waals surface area contributed by atoms with E-state index in [0.717, 1.165) is 21.1 Å². The first-order valence-corrected chi connectivity index (χ1v) is 5.13. The van der Waals surface area contributed by atoms with E-state index in [9.17, 15) is 4.79 Å². The fourth-order valence-corrected chi connectivity index (χ4v) is 1.96. The lowest BCUT2D eigenvalue weighted by atomic mass is 10.2. The topological polar surface area (TPSA) is 26.9 Å². The van der Waals surface area contributed by atoms with E-state index >= 15 is 0 Å². The highest BCUT2D eigenvalue weighted by Gasteiger charge is 2.08. The Labute approximate surface area is 90.1 Å². The Hall–Kier alpha value is -1.03. The van der Waals surface area contributed by atoms with Crippen LogP contribution in [0.1, 0.15) is 5.56 Å². The highest BCUT2D eigenvalue weighted by molar-refractivity contribution is 9.10. The van der Waals surface area contributed by atoms with Gasteiger partial charge in [-0.15, -0.1) is 0 Å². The molecule has 0 aliphatic heterocycles. The third kappa shape index (κ3) is 1.14. The van der Waals surface area contributed by atoms with Gasteiger partial charge < -0.3 is 0 Å². The summed E-state index contributed by atoms with van der Waals surface area (Å²) in [5.74, 6) is 0. The second kappa shape index (κ2) is 2.98. The van der Waals surface area contributed by atoms with Crippen LogP contribution in [0.4, 0.5) is 0 Å². The predicted molar refractivity (Wildman–Crippen MR) is 60.6 cm³/mol. The minimum absolute atomic E-state index is 0.0116. The summed E-state index contributed by atoms with van der Waals surface area (Å²) >= 11 is 3.46. The fraction of sp³-hybridized carbons (Fsp3) is 0.300. The number of halogens is 1. The van der Waals surface area contributed by atoms with E-state index in [-0.39, 0.29) is 5.69 Å². The molecule has 2 aromatic rings. The largest absolute Gasteiger partial charge is 0.328 e. The smallest absolute Gasteiger partial charge is 0.295 e. The van der Waals surface area contributed by atoms with E-state index in [0.29, 0.717) is 0 Å². The molecule has 0 saturated carbocycles. The standard InChI is InChI=1S/C10H11BrN2O/c1-6-4-8-9(5-7(6)11)13(3)10(14)12(8)2/h4-5H,1-3H3. The van der Waals surface area contributed by atoms with Crippen LogP contribution in [0.5, 0.6) is 0 Å². The SMILES string of the molecule is Cc1cc2c(cc1Br)n(C)c(=O)n2C. The number of hydrogen-bond donors (Lipinski definition) is 0. The highest BCUT2D eigenvalue weighted by Crippen LogP contribution is 2.22. The third-order valence-corrected chi connectivity index (χ3v) is 3.41. The van der Waals surface area contributed by atoms with Crippen LogP contribution in [0.25, 0.3) is 11.0 Å². The first kappa shape index (κ1) is 9.52. The molecule has 0 aliphatic carbocycles. The Balaban J connectivity index is 3.04. The van der Waals surface area contributed by atoms with Gasteiger partial charge in [0.1, 0.15) is 0 Å². The van der Waals surface area contributed by atoms with Crippen molar-refractivity contribution < 1.29 is 0 Å². The zero-order chi connectivity index (χ0) is 10.5. The number of aryl methyl sites for hydroxylation is 3. The number of fused-ring (bicyclic) bond motifs is 1. The normalized spacial score (nSPS) is 11.1. The van der Waals surface area contributed by atoms with Gasteiger partial charge in [-0.2, -0.15) is 0 Å². The maximum absolute atomic E-state index is 11.6. The van der Waals surface area contributed by atoms with Crippen LogP contribution in [0, 0.1) is 6.92 Å². The average molecular weight is 255 g/mol. The first-order chi connectivity index (χ1) is 6.52. The summed E-state index contributed by atoms with van der Waals surface area (Å²) in [5, 5.41) is 0. The molecule has 0 spiro atoms. The quantitative estimate of drug-likeness (QED) is 0.706. The number of nitrogens with zero attached hydrogens (tertiary/aromatic N) is 2. The Kier molecular flexibility index (Phi) is 2.03. The van der Waals surface area contributed by atoms with Crippen LogP contribution < -0.4 is 5.69 Å². The predicted octanol–water partition coefficient (Wildman–Crippen LogP) is 1.95. The van der Waals surface area contributed by atoms with Crippen molar-refractivity contribution in [1.82, 2.24) is 9.13 Å². The molecule has 0 radical (unpaired) electrons. The van der Waals surface area contributed by atoms with E-state index in [2.05, 4.69) is 15.9 Å². The molecule has 0 fully saturated rings. The van der Waals surface area contributed by atoms with Gasteiger partial charge >= 0.3 is 5.69 Å². The Bertz CT molecular complexity index is 517. The monoisotopic (exact) mass is 254 g/mol. The Morgan fingerprint density at radius 1 is 1.14 bits per heavy atom. The van der Waals surface area contributed by atoms with Crippen LogP contribution in [0.2, 0.25) is 0 Å². The molecule has 14 heavy (non-hydrogen) atoms. The molecule has 0 saturated heterocycles. The molecule has 0 aliphatic rings. The second-order valence-electron chi connectivity index (χ2n) is 3.49. The maximum Gasteiger partial charge on any atom is 0.328 e. The van der Waals surface area contributed by atoms with Crippen LogP contribution in [0.3, 0.4) is 0 Å². The molecule has 4 heteroatoms. The lowest BCUT2D eigenvalue weighted by Gasteiger charge is -1.99. The lowest BCUT2D eigenvalue weighted by Crippen LogP contribution is -2.19. The number of hydrogen-bond acceptors (Lipinski definition) is 1. The summed E-state index contributed by atoms with van der Waals surface area (Å²) in [6.45, 7) is 2.01. The molecule has 1 heterocycles. The van der Waals surface area contributed by atoms with E-state index in [4.69, 9.17) is 0 Å². The van der Waals surface area contributed by atoms with Crippen molar-refractivity contribution in [2.75, 3.05) is 0 Å². The van der Waals surface area contributed by atoms with Gasteiger partial charge in [0.05, 0.1) is 11.0 Å². The third-order valence-electron chi connectivity index (χ3n) is 2.55. The zero-order valence-electron chi connectivity index (χ0n) is 8.34. The van der Waals surface area contributed by atoms with Crippen LogP contribution in [-0.2, 0) is 14.1 Å². The summed E-state index contributed by atoms with van der Waals surface area (Å²) in [6.07, 6.45) is 0. The van der Waals surface area contributed by atoms with Crippen LogP contribution >= 0.6 is 15.9 Å². The number of imidazole rings is 1. The van der Waals surface area contributed by atoms with Crippen molar-refractivity contribution in [3.8, 4) is 0 Å². The maximum atomic E-state index is 11.6. The first-order valence-electron chi connectivity index (χ1n) is 4.34. The molecule has 3 nitrogen and oxygen atoms in total. The summed E-state index contributed by atoms with van der Waals surface area (Å²) in [4.78, 5) is 11.6. The summed E-state index contributed by atoms with van der Waals surface area (Å²) < 4.78 is 4.35. The molecule has 1 aromatic carbocycles. The van der Waals surface area contributed by atoms with Crippen molar-refractivity contribution in [3.05, 3.63) is 32.7 Å². The lowest BCUT2D eigenvalue weighted by molar-refractivity contribution is 0.795. The Morgan fingerprint density at radius 2 is 1.64 bits per heavy atom. The summed E-state index contributed by atoms with van der Waals surface area (Å²) in [5.41, 5.74) is 3.07. The van der Waals surface area contributed by atoms with Crippen molar-refractivity contribution in [2.45, 2.75) is 6.92 Å². The van der Waals surface area contributed by atoms with E-state index in [1.807, 2.05) is 19.1 Å². The van der Waals surface area contributed by atoms with Gasteiger partial charge in [0, 0.05) is 18.6 Å². The average Bonchev–Trinajstić information content (AvgIpc) is 2.34.